The lowest BCUT2D eigenvalue weighted by atomic mass is 10.0. The summed E-state index contributed by atoms with van der Waals surface area (Å²) < 4.78 is 5.21. The van der Waals surface area contributed by atoms with E-state index in [1.54, 1.807) is 7.11 Å². The molecule has 0 bridgehead atoms. The second kappa shape index (κ2) is 5.53. The summed E-state index contributed by atoms with van der Waals surface area (Å²) in [5.41, 5.74) is 10.0. The van der Waals surface area contributed by atoms with Gasteiger partial charge in [0.2, 0.25) is 0 Å². The molecule has 0 unspecified atom stereocenters. The van der Waals surface area contributed by atoms with E-state index in [9.17, 15) is 0 Å². The molecule has 0 amide bonds. The fourth-order valence-corrected chi connectivity index (χ4v) is 1.28. The minimum atomic E-state index is 0.869. The van der Waals surface area contributed by atoms with Crippen molar-refractivity contribution in [3.8, 4) is 5.75 Å². The van der Waals surface area contributed by atoms with Crippen LogP contribution >= 0.6 is 0 Å². The van der Waals surface area contributed by atoms with Gasteiger partial charge in [-0.15, -0.1) is 0 Å². The summed E-state index contributed by atoms with van der Waals surface area (Å²) in [6.45, 7) is 10.0. The molecule has 14 heavy (non-hydrogen) atoms. The van der Waals surface area contributed by atoms with E-state index in [0.29, 0.717) is 0 Å². The summed E-state index contributed by atoms with van der Waals surface area (Å²) >= 11 is 0. The number of hydrogen-bond donors (Lipinski definition) is 1. The lowest BCUT2D eigenvalue weighted by molar-refractivity contribution is 0.411. The van der Waals surface area contributed by atoms with Gasteiger partial charge < -0.3 is 10.5 Å². The highest BCUT2D eigenvalue weighted by atomic mass is 16.5. The Morgan fingerprint density at radius 2 is 1.57 bits per heavy atom. The molecule has 0 aliphatic heterocycles. The van der Waals surface area contributed by atoms with Crippen LogP contribution in [0, 0.1) is 20.8 Å². The molecule has 0 aromatic heterocycles. The van der Waals surface area contributed by atoms with Crippen LogP contribution in [0.4, 0.5) is 5.69 Å². The molecule has 0 radical (unpaired) electrons. The van der Waals surface area contributed by atoms with Gasteiger partial charge >= 0.3 is 0 Å². The van der Waals surface area contributed by atoms with Crippen molar-refractivity contribution in [2.24, 2.45) is 0 Å². The first-order valence-corrected chi connectivity index (χ1v) is 4.98. The molecular formula is C12H21NO. The van der Waals surface area contributed by atoms with Crippen molar-refractivity contribution in [1.82, 2.24) is 0 Å². The van der Waals surface area contributed by atoms with E-state index < -0.39 is 0 Å². The summed E-state index contributed by atoms with van der Waals surface area (Å²) in [5.74, 6) is 0.916. The van der Waals surface area contributed by atoms with Crippen molar-refractivity contribution in [1.29, 1.82) is 0 Å². The molecule has 1 rings (SSSR count). The van der Waals surface area contributed by atoms with Crippen LogP contribution in [0.15, 0.2) is 6.07 Å². The average Bonchev–Trinajstić information content (AvgIpc) is 2.23. The van der Waals surface area contributed by atoms with Crippen LogP contribution in [0.25, 0.3) is 0 Å². The zero-order chi connectivity index (χ0) is 11.3. The van der Waals surface area contributed by atoms with E-state index in [1.165, 1.54) is 0 Å². The first-order valence-electron chi connectivity index (χ1n) is 4.98. The molecule has 0 saturated heterocycles. The number of nitrogen functional groups attached to an aromatic ring is 1. The van der Waals surface area contributed by atoms with Gasteiger partial charge in [-0.2, -0.15) is 0 Å². The Morgan fingerprint density at radius 3 is 2.00 bits per heavy atom. The van der Waals surface area contributed by atoms with Crippen molar-refractivity contribution in [3.63, 3.8) is 0 Å². The smallest absolute Gasteiger partial charge is 0.122 e. The van der Waals surface area contributed by atoms with Crippen molar-refractivity contribution < 1.29 is 4.74 Å². The van der Waals surface area contributed by atoms with E-state index >= 15 is 0 Å². The Bertz CT molecular complexity index is 306. The quantitative estimate of drug-likeness (QED) is 0.698. The number of aryl methyl sites for hydroxylation is 1. The molecule has 1 aromatic carbocycles. The van der Waals surface area contributed by atoms with Gasteiger partial charge in [0.05, 0.1) is 7.11 Å². The average molecular weight is 195 g/mol. The van der Waals surface area contributed by atoms with Crippen LogP contribution in [0.1, 0.15) is 30.5 Å². The molecule has 0 fully saturated rings. The van der Waals surface area contributed by atoms with E-state index in [1.807, 2.05) is 40.7 Å². The van der Waals surface area contributed by atoms with E-state index in [2.05, 4.69) is 0 Å². The predicted octanol–water partition coefficient (Wildman–Crippen LogP) is 3.23. The third kappa shape index (κ3) is 2.41. The molecule has 80 valence electrons. The van der Waals surface area contributed by atoms with Crippen LogP contribution in [0.5, 0.6) is 5.75 Å². The number of nitrogens with two attached hydrogens (primary N) is 1. The number of benzene rings is 1. The molecule has 0 aliphatic rings. The molecule has 2 nitrogen and oxygen atoms in total. The lowest BCUT2D eigenvalue weighted by Gasteiger charge is -2.12. The summed E-state index contributed by atoms with van der Waals surface area (Å²) in [7, 11) is 1.68. The van der Waals surface area contributed by atoms with Crippen LogP contribution < -0.4 is 10.5 Å². The molecule has 0 aliphatic carbocycles. The Hall–Kier alpha value is -1.18. The van der Waals surface area contributed by atoms with Crippen molar-refractivity contribution in [2.75, 3.05) is 12.8 Å². The van der Waals surface area contributed by atoms with E-state index in [-0.39, 0.29) is 0 Å². The van der Waals surface area contributed by atoms with Gasteiger partial charge in [0.15, 0.2) is 0 Å². The number of anilines is 1. The molecule has 0 atom stereocenters. The van der Waals surface area contributed by atoms with Gasteiger partial charge in [0.1, 0.15) is 5.75 Å². The molecule has 0 saturated carbocycles. The third-order valence-electron chi connectivity index (χ3n) is 2.33. The molecule has 2 heteroatoms. The summed E-state index contributed by atoms with van der Waals surface area (Å²) in [6, 6.07) is 1.97. The second-order valence-electron chi connectivity index (χ2n) is 3.06. The number of rotatable bonds is 1. The topological polar surface area (TPSA) is 35.2 Å². The Labute approximate surface area is 87.1 Å². The standard InChI is InChI=1S/C10H15NO.C2H6/c1-6-5-9(12-4)7(2)8(3)10(6)11;1-2/h5H,11H2,1-4H3;1-2H3. The SMILES string of the molecule is CC.COc1cc(C)c(N)c(C)c1C. The highest BCUT2D eigenvalue weighted by molar-refractivity contribution is 5.60. The monoisotopic (exact) mass is 195 g/mol. The predicted molar refractivity (Wildman–Crippen MR) is 63.0 cm³/mol. The van der Waals surface area contributed by atoms with Gasteiger partial charge in [0, 0.05) is 5.69 Å². The fraction of sp³-hybridized carbons (Fsp3) is 0.500. The minimum absolute atomic E-state index is 0.869. The van der Waals surface area contributed by atoms with Gasteiger partial charge in [-0.05, 0) is 43.5 Å². The normalized spacial score (nSPS) is 9.00. The number of hydrogen-bond acceptors (Lipinski definition) is 2. The summed E-state index contributed by atoms with van der Waals surface area (Å²) in [6.07, 6.45) is 0. The maximum Gasteiger partial charge on any atom is 0.122 e. The minimum Gasteiger partial charge on any atom is -0.496 e. The molecule has 1 aromatic rings. The first kappa shape index (κ1) is 12.8. The van der Waals surface area contributed by atoms with Gasteiger partial charge in [-0.3, -0.25) is 0 Å². The Balaban J connectivity index is 0.000000791. The zero-order valence-corrected chi connectivity index (χ0v) is 10.1. The van der Waals surface area contributed by atoms with Crippen LogP contribution in [-0.4, -0.2) is 7.11 Å². The highest BCUT2D eigenvalue weighted by Crippen LogP contribution is 2.28. The van der Waals surface area contributed by atoms with Gasteiger partial charge in [-0.1, -0.05) is 13.8 Å². The highest BCUT2D eigenvalue weighted by Gasteiger charge is 2.06. The number of methoxy groups -OCH3 is 1. The second-order valence-corrected chi connectivity index (χ2v) is 3.06. The summed E-state index contributed by atoms with van der Waals surface area (Å²) in [4.78, 5) is 0. The van der Waals surface area contributed by atoms with Crippen LogP contribution in [0.3, 0.4) is 0 Å². The molecule has 0 spiro atoms. The van der Waals surface area contributed by atoms with Gasteiger partial charge in [0.25, 0.3) is 0 Å². The molecular weight excluding hydrogens is 174 g/mol. The lowest BCUT2D eigenvalue weighted by Crippen LogP contribution is -1.98. The summed E-state index contributed by atoms with van der Waals surface area (Å²) in [5, 5.41) is 0. The largest absolute Gasteiger partial charge is 0.496 e. The van der Waals surface area contributed by atoms with E-state index in [4.69, 9.17) is 10.5 Å². The Morgan fingerprint density at radius 1 is 1.07 bits per heavy atom. The van der Waals surface area contributed by atoms with Crippen molar-refractivity contribution in [2.45, 2.75) is 34.6 Å². The maximum atomic E-state index is 5.85. The van der Waals surface area contributed by atoms with Gasteiger partial charge in [-0.25, -0.2) is 0 Å². The van der Waals surface area contributed by atoms with Crippen LogP contribution in [0.2, 0.25) is 0 Å². The third-order valence-corrected chi connectivity index (χ3v) is 2.33. The maximum absolute atomic E-state index is 5.85. The molecule has 2 N–H and O–H groups in total. The van der Waals surface area contributed by atoms with E-state index in [0.717, 1.165) is 28.1 Å². The van der Waals surface area contributed by atoms with Crippen LogP contribution in [-0.2, 0) is 0 Å². The van der Waals surface area contributed by atoms with Crippen molar-refractivity contribution >= 4 is 5.69 Å². The Kier molecular flexibility index (Phi) is 5.06. The number of ether oxygens (including phenoxy) is 1. The molecule has 0 heterocycles. The van der Waals surface area contributed by atoms with Crippen molar-refractivity contribution in [3.05, 3.63) is 22.8 Å². The first-order chi connectivity index (χ1) is 6.57. The fourth-order valence-electron chi connectivity index (χ4n) is 1.28. The zero-order valence-electron chi connectivity index (χ0n) is 10.1.